The van der Waals surface area contributed by atoms with E-state index in [0.717, 1.165) is 38.7 Å². The second kappa shape index (κ2) is 7.97. The zero-order valence-corrected chi connectivity index (χ0v) is 12.7. The summed E-state index contributed by atoms with van der Waals surface area (Å²) in [7, 11) is 1.76. The average molecular weight is 286 g/mol. The first-order valence-electron chi connectivity index (χ1n) is 7.17. The number of ether oxygens (including phenoxy) is 1. The van der Waals surface area contributed by atoms with Crippen molar-refractivity contribution in [3.8, 4) is 0 Å². The van der Waals surface area contributed by atoms with Crippen LogP contribution >= 0.6 is 11.8 Å². The average Bonchev–Trinajstić information content (AvgIpc) is 2.91. The first kappa shape index (κ1) is 14.9. The topological polar surface area (TPSA) is 54.1 Å². The zero-order valence-electron chi connectivity index (χ0n) is 11.9. The van der Waals surface area contributed by atoms with Crippen molar-refractivity contribution in [2.45, 2.75) is 18.9 Å². The molecule has 2 rings (SSSR count). The molecule has 0 spiro atoms. The summed E-state index contributed by atoms with van der Waals surface area (Å²) in [5, 5.41) is 0. The Morgan fingerprint density at radius 2 is 2.16 bits per heavy atom. The van der Waals surface area contributed by atoms with Crippen LogP contribution in [0.2, 0.25) is 0 Å². The van der Waals surface area contributed by atoms with E-state index < -0.39 is 0 Å². The van der Waals surface area contributed by atoms with E-state index in [-0.39, 0.29) is 0 Å². The normalized spacial score (nSPS) is 26.1. The fourth-order valence-corrected chi connectivity index (χ4v) is 3.60. The number of nitrogens with two attached hydrogens (primary N) is 1. The summed E-state index contributed by atoms with van der Waals surface area (Å²) in [6.07, 6.45) is 2.50. The summed E-state index contributed by atoms with van der Waals surface area (Å²) in [6.45, 7) is 5.90. The predicted molar refractivity (Wildman–Crippen MR) is 81.9 cm³/mol. The van der Waals surface area contributed by atoms with Crippen molar-refractivity contribution < 1.29 is 4.74 Å². The van der Waals surface area contributed by atoms with Crippen LogP contribution in [0.15, 0.2) is 4.99 Å². The highest BCUT2D eigenvalue weighted by Gasteiger charge is 2.24. The second-order valence-electron chi connectivity index (χ2n) is 5.12. The van der Waals surface area contributed by atoms with E-state index in [4.69, 9.17) is 10.5 Å². The molecule has 6 heteroatoms. The number of guanidine groups is 1. The van der Waals surface area contributed by atoms with Crippen LogP contribution in [-0.4, -0.2) is 79.7 Å². The van der Waals surface area contributed by atoms with Crippen molar-refractivity contribution in [1.82, 2.24) is 9.80 Å². The van der Waals surface area contributed by atoms with E-state index in [2.05, 4.69) is 14.8 Å². The Bertz CT molecular complexity index is 294. The molecule has 110 valence electrons. The van der Waals surface area contributed by atoms with Gasteiger partial charge in [-0.3, -0.25) is 9.89 Å². The summed E-state index contributed by atoms with van der Waals surface area (Å²) in [6, 6.07) is 0.549. The lowest BCUT2D eigenvalue weighted by molar-refractivity contribution is 0.142. The van der Waals surface area contributed by atoms with Crippen LogP contribution in [0.5, 0.6) is 0 Å². The van der Waals surface area contributed by atoms with Gasteiger partial charge < -0.3 is 15.4 Å². The number of hydrogen-bond acceptors (Lipinski definition) is 4. The molecule has 0 aliphatic carbocycles. The Hall–Kier alpha value is -0.460. The number of thioether (sulfide) groups is 1. The lowest BCUT2D eigenvalue weighted by Gasteiger charge is -2.28. The summed E-state index contributed by atoms with van der Waals surface area (Å²) < 4.78 is 5.16. The lowest BCUT2D eigenvalue weighted by Crippen LogP contribution is -2.43. The highest BCUT2D eigenvalue weighted by atomic mass is 32.2. The van der Waals surface area contributed by atoms with Crippen LogP contribution in [0.4, 0.5) is 0 Å². The molecule has 0 aromatic carbocycles. The van der Waals surface area contributed by atoms with Crippen molar-refractivity contribution >= 4 is 17.7 Å². The Kier molecular flexibility index (Phi) is 6.26. The Labute approximate surface area is 120 Å². The summed E-state index contributed by atoms with van der Waals surface area (Å²) >= 11 is 1.99. The van der Waals surface area contributed by atoms with Crippen LogP contribution in [0.1, 0.15) is 12.8 Å². The van der Waals surface area contributed by atoms with Crippen LogP contribution in [0, 0.1) is 0 Å². The van der Waals surface area contributed by atoms with Crippen LogP contribution < -0.4 is 5.73 Å². The van der Waals surface area contributed by atoms with E-state index in [9.17, 15) is 0 Å². The minimum atomic E-state index is 0.549. The van der Waals surface area contributed by atoms with E-state index >= 15 is 0 Å². The van der Waals surface area contributed by atoms with Gasteiger partial charge in [-0.05, 0) is 19.4 Å². The summed E-state index contributed by atoms with van der Waals surface area (Å²) in [4.78, 5) is 9.31. The molecule has 0 aromatic heterocycles. The van der Waals surface area contributed by atoms with Gasteiger partial charge in [-0.25, -0.2) is 0 Å². The van der Waals surface area contributed by atoms with E-state index in [1.807, 2.05) is 11.8 Å². The molecule has 0 bridgehead atoms. The number of methoxy groups -OCH3 is 1. The van der Waals surface area contributed by atoms with Gasteiger partial charge in [0.25, 0.3) is 0 Å². The minimum absolute atomic E-state index is 0.549. The number of likely N-dealkylation sites (tertiary alicyclic amines) is 1. The molecule has 0 amide bonds. The van der Waals surface area contributed by atoms with Gasteiger partial charge in [0.1, 0.15) is 0 Å². The Morgan fingerprint density at radius 1 is 1.37 bits per heavy atom. The second-order valence-corrected chi connectivity index (χ2v) is 6.35. The molecule has 2 fully saturated rings. The third-order valence-corrected chi connectivity index (χ3v) is 4.82. The summed E-state index contributed by atoms with van der Waals surface area (Å²) in [5.74, 6) is 3.07. The molecule has 2 heterocycles. The van der Waals surface area contributed by atoms with Crippen LogP contribution in [-0.2, 0) is 4.74 Å². The molecule has 1 atom stereocenters. The lowest BCUT2D eigenvalue weighted by atomic mass is 10.2. The van der Waals surface area contributed by atoms with Gasteiger partial charge in [-0.1, -0.05) is 0 Å². The van der Waals surface area contributed by atoms with Crippen LogP contribution in [0.25, 0.3) is 0 Å². The Morgan fingerprint density at radius 3 is 2.89 bits per heavy atom. The van der Waals surface area contributed by atoms with Gasteiger partial charge in [0.2, 0.25) is 0 Å². The first-order chi connectivity index (χ1) is 9.31. The highest BCUT2D eigenvalue weighted by molar-refractivity contribution is 7.99. The maximum absolute atomic E-state index is 6.10. The third-order valence-electron chi connectivity index (χ3n) is 3.88. The minimum Gasteiger partial charge on any atom is -0.383 e. The predicted octanol–water partition coefficient (Wildman–Crippen LogP) is 0.461. The van der Waals surface area contributed by atoms with Crippen molar-refractivity contribution in [3.63, 3.8) is 0 Å². The Balaban J connectivity index is 1.78. The van der Waals surface area contributed by atoms with E-state index in [1.54, 1.807) is 7.11 Å². The largest absolute Gasteiger partial charge is 0.383 e. The van der Waals surface area contributed by atoms with Gasteiger partial charge >= 0.3 is 0 Å². The standard InChI is InChI=1S/C13H26N4OS/c1-18-8-5-16-4-2-3-12(16)11-15-13(14)17-6-9-19-10-7-17/h12H,2-11H2,1H3,(H2,14,15)/t12-/m0/s1. The molecule has 19 heavy (non-hydrogen) atoms. The quantitative estimate of drug-likeness (QED) is 0.588. The molecular formula is C13H26N4OS. The molecule has 2 saturated heterocycles. The molecule has 2 N–H and O–H groups in total. The van der Waals surface area contributed by atoms with Gasteiger partial charge in [0, 0.05) is 44.3 Å². The fourth-order valence-electron chi connectivity index (χ4n) is 2.70. The highest BCUT2D eigenvalue weighted by Crippen LogP contribution is 2.17. The maximum atomic E-state index is 6.10. The number of rotatable bonds is 5. The van der Waals surface area contributed by atoms with Crippen molar-refractivity contribution in [3.05, 3.63) is 0 Å². The third kappa shape index (κ3) is 4.54. The van der Waals surface area contributed by atoms with Crippen LogP contribution in [0.3, 0.4) is 0 Å². The van der Waals surface area contributed by atoms with Gasteiger partial charge in [-0.15, -0.1) is 0 Å². The van der Waals surface area contributed by atoms with Crippen molar-refractivity contribution in [2.75, 3.05) is 57.9 Å². The molecule has 2 aliphatic heterocycles. The fraction of sp³-hybridized carbons (Fsp3) is 0.923. The number of nitrogens with zero attached hydrogens (tertiary/aromatic N) is 3. The SMILES string of the molecule is COCCN1CCC[C@H]1CN=C(N)N1CCSCC1. The number of aliphatic imine (C=N–C) groups is 1. The molecule has 2 aliphatic rings. The van der Waals surface area contributed by atoms with Gasteiger partial charge in [-0.2, -0.15) is 11.8 Å². The van der Waals surface area contributed by atoms with Crippen molar-refractivity contribution in [1.29, 1.82) is 0 Å². The summed E-state index contributed by atoms with van der Waals surface area (Å²) in [5.41, 5.74) is 6.10. The monoisotopic (exact) mass is 286 g/mol. The molecule has 0 radical (unpaired) electrons. The number of hydrogen-bond donors (Lipinski definition) is 1. The molecule has 0 unspecified atom stereocenters. The molecule has 0 aromatic rings. The maximum Gasteiger partial charge on any atom is 0.191 e. The van der Waals surface area contributed by atoms with E-state index in [0.29, 0.717) is 6.04 Å². The van der Waals surface area contributed by atoms with Gasteiger partial charge in [0.15, 0.2) is 5.96 Å². The van der Waals surface area contributed by atoms with Crippen molar-refractivity contribution in [2.24, 2.45) is 10.7 Å². The van der Waals surface area contributed by atoms with Gasteiger partial charge in [0.05, 0.1) is 13.2 Å². The molecule has 5 nitrogen and oxygen atoms in total. The smallest absolute Gasteiger partial charge is 0.191 e. The molecular weight excluding hydrogens is 260 g/mol. The zero-order chi connectivity index (χ0) is 13.5. The molecule has 0 saturated carbocycles. The van der Waals surface area contributed by atoms with E-state index in [1.165, 1.54) is 30.9 Å². The first-order valence-corrected chi connectivity index (χ1v) is 8.32.